The third kappa shape index (κ3) is 2.99. The molecular formula is C15H18N2O2S. The average Bonchev–Trinajstić information content (AvgIpc) is 2.71. The fourth-order valence-corrected chi connectivity index (χ4v) is 3.02. The summed E-state index contributed by atoms with van der Waals surface area (Å²) in [5, 5.41) is 13.4. The van der Waals surface area contributed by atoms with E-state index in [4.69, 9.17) is 0 Å². The SMILES string of the molecule is Cc1nc(C)c(C(C)NC(=O)c2ccc(O)c(C)c2)s1. The number of phenols is 1. The molecule has 0 fully saturated rings. The van der Waals surface area contributed by atoms with Crippen LogP contribution in [0.15, 0.2) is 18.2 Å². The number of phenolic OH excluding ortho intramolecular Hbond substituents is 1. The van der Waals surface area contributed by atoms with Gasteiger partial charge in [0.2, 0.25) is 0 Å². The van der Waals surface area contributed by atoms with E-state index in [0.29, 0.717) is 11.1 Å². The standard InChI is InChI=1S/C15H18N2O2S/c1-8-7-12(5-6-13(8)18)15(19)17-10(3)14-9(2)16-11(4)20-14/h5-7,10,18H,1-4H3,(H,17,19). The monoisotopic (exact) mass is 290 g/mol. The summed E-state index contributed by atoms with van der Waals surface area (Å²) in [6, 6.07) is 4.76. The Morgan fingerprint density at radius 1 is 1.35 bits per heavy atom. The molecule has 1 aromatic heterocycles. The van der Waals surface area contributed by atoms with Crippen LogP contribution in [0.2, 0.25) is 0 Å². The number of carbonyl (C=O) groups is 1. The molecule has 0 spiro atoms. The quantitative estimate of drug-likeness (QED) is 0.912. The van der Waals surface area contributed by atoms with Crippen LogP contribution < -0.4 is 5.32 Å². The van der Waals surface area contributed by atoms with Gasteiger partial charge in [-0.1, -0.05) is 0 Å². The fraction of sp³-hybridized carbons (Fsp3) is 0.333. The van der Waals surface area contributed by atoms with Gasteiger partial charge in [0.25, 0.3) is 5.91 Å². The smallest absolute Gasteiger partial charge is 0.251 e. The minimum absolute atomic E-state index is 0.0807. The third-order valence-corrected chi connectivity index (χ3v) is 4.39. The van der Waals surface area contributed by atoms with E-state index in [1.165, 1.54) is 6.07 Å². The highest BCUT2D eigenvalue weighted by Crippen LogP contribution is 2.25. The molecule has 0 aliphatic carbocycles. The molecule has 4 nitrogen and oxygen atoms in total. The minimum Gasteiger partial charge on any atom is -0.508 e. The maximum absolute atomic E-state index is 12.2. The molecule has 0 radical (unpaired) electrons. The summed E-state index contributed by atoms with van der Waals surface area (Å²) in [5.74, 6) is 0.0505. The van der Waals surface area contributed by atoms with Gasteiger partial charge in [0, 0.05) is 10.4 Å². The zero-order chi connectivity index (χ0) is 14.9. The number of aromatic hydroxyl groups is 1. The van der Waals surface area contributed by atoms with Crippen molar-refractivity contribution in [3.63, 3.8) is 0 Å². The predicted molar refractivity (Wildman–Crippen MR) is 80.3 cm³/mol. The van der Waals surface area contributed by atoms with Crippen LogP contribution in [0, 0.1) is 20.8 Å². The number of carbonyl (C=O) groups excluding carboxylic acids is 1. The largest absolute Gasteiger partial charge is 0.508 e. The highest BCUT2D eigenvalue weighted by molar-refractivity contribution is 7.11. The number of benzene rings is 1. The normalized spacial score (nSPS) is 12.2. The van der Waals surface area contributed by atoms with E-state index in [1.54, 1.807) is 30.4 Å². The van der Waals surface area contributed by atoms with Gasteiger partial charge in [-0.15, -0.1) is 11.3 Å². The maximum atomic E-state index is 12.2. The van der Waals surface area contributed by atoms with Gasteiger partial charge in [0.15, 0.2) is 0 Å². The summed E-state index contributed by atoms with van der Waals surface area (Å²) in [7, 11) is 0. The van der Waals surface area contributed by atoms with E-state index in [9.17, 15) is 9.90 Å². The molecule has 1 heterocycles. The number of hydrogen-bond acceptors (Lipinski definition) is 4. The first-order valence-electron chi connectivity index (χ1n) is 6.43. The molecule has 1 aromatic carbocycles. The molecule has 0 bridgehead atoms. The van der Waals surface area contributed by atoms with Crippen LogP contribution in [-0.4, -0.2) is 16.0 Å². The van der Waals surface area contributed by atoms with Crippen LogP contribution in [0.3, 0.4) is 0 Å². The number of nitrogens with zero attached hydrogens (tertiary/aromatic N) is 1. The van der Waals surface area contributed by atoms with Gasteiger partial charge in [-0.2, -0.15) is 0 Å². The van der Waals surface area contributed by atoms with Gasteiger partial charge in [-0.05, 0) is 51.5 Å². The molecule has 0 aliphatic heterocycles. The third-order valence-electron chi connectivity index (χ3n) is 3.14. The second-order valence-corrected chi connectivity index (χ2v) is 6.11. The molecule has 1 unspecified atom stereocenters. The number of hydrogen-bond donors (Lipinski definition) is 2. The van der Waals surface area contributed by atoms with Gasteiger partial charge in [0.1, 0.15) is 5.75 Å². The molecule has 1 amide bonds. The van der Waals surface area contributed by atoms with Gasteiger partial charge in [-0.3, -0.25) is 4.79 Å². The van der Waals surface area contributed by atoms with Crippen LogP contribution in [0.1, 0.15) is 44.5 Å². The van der Waals surface area contributed by atoms with Crippen molar-refractivity contribution in [3.8, 4) is 5.75 Å². The molecule has 0 saturated carbocycles. The maximum Gasteiger partial charge on any atom is 0.251 e. The van der Waals surface area contributed by atoms with E-state index in [0.717, 1.165) is 15.6 Å². The Balaban J connectivity index is 2.15. The lowest BCUT2D eigenvalue weighted by molar-refractivity contribution is 0.0940. The Labute approximate surface area is 122 Å². The first kappa shape index (κ1) is 14.5. The minimum atomic E-state index is -0.147. The van der Waals surface area contributed by atoms with Gasteiger partial charge < -0.3 is 10.4 Å². The molecule has 5 heteroatoms. The lowest BCUT2D eigenvalue weighted by atomic mass is 10.1. The van der Waals surface area contributed by atoms with Crippen LogP contribution in [0.5, 0.6) is 5.75 Å². The van der Waals surface area contributed by atoms with E-state index in [1.807, 2.05) is 20.8 Å². The lowest BCUT2D eigenvalue weighted by Crippen LogP contribution is -2.26. The van der Waals surface area contributed by atoms with Crippen molar-refractivity contribution in [2.45, 2.75) is 33.7 Å². The number of nitrogens with one attached hydrogen (secondary N) is 1. The van der Waals surface area contributed by atoms with Crippen molar-refractivity contribution in [3.05, 3.63) is 44.9 Å². The highest BCUT2D eigenvalue weighted by atomic mass is 32.1. The average molecular weight is 290 g/mol. The molecular weight excluding hydrogens is 272 g/mol. The van der Waals surface area contributed by atoms with Crippen molar-refractivity contribution in [2.75, 3.05) is 0 Å². The van der Waals surface area contributed by atoms with Gasteiger partial charge in [-0.25, -0.2) is 4.98 Å². The number of amides is 1. The van der Waals surface area contributed by atoms with Crippen molar-refractivity contribution in [1.82, 2.24) is 10.3 Å². The molecule has 2 N–H and O–H groups in total. The summed E-state index contributed by atoms with van der Waals surface area (Å²) in [4.78, 5) is 17.6. The van der Waals surface area contributed by atoms with Crippen molar-refractivity contribution in [1.29, 1.82) is 0 Å². The Kier molecular flexibility index (Phi) is 4.09. The Hall–Kier alpha value is -1.88. The van der Waals surface area contributed by atoms with E-state index >= 15 is 0 Å². The number of aromatic nitrogens is 1. The van der Waals surface area contributed by atoms with Crippen molar-refractivity contribution >= 4 is 17.2 Å². The number of rotatable bonds is 3. The number of thiazole rings is 1. The van der Waals surface area contributed by atoms with Crippen LogP contribution in [-0.2, 0) is 0 Å². The Morgan fingerprint density at radius 3 is 2.60 bits per heavy atom. The summed E-state index contributed by atoms with van der Waals surface area (Å²) < 4.78 is 0. The Bertz CT molecular complexity index is 649. The molecule has 1 atom stereocenters. The summed E-state index contributed by atoms with van der Waals surface area (Å²) in [6.07, 6.45) is 0. The molecule has 0 saturated heterocycles. The zero-order valence-electron chi connectivity index (χ0n) is 12.0. The second kappa shape index (κ2) is 5.63. The first-order chi connectivity index (χ1) is 9.38. The lowest BCUT2D eigenvalue weighted by Gasteiger charge is -2.13. The van der Waals surface area contributed by atoms with Gasteiger partial charge in [0.05, 0.1) is 16.7 Å². The summed E-state index contributed by atoms with van der Waals surface area (Å²) in [5.41, 5.74) is 2.20. The van der Waals surface area contributed by atoms with Crippen LogP contribution >= 0.6 is 11.3 Å². The van der Waals surface area contributed by atoms with Crippen molar-refractivity contribution < 1.29 is 9.90 Å². The van der Waals surface area contributed by atoms with E-state index in [-0.39, 0.29) is 17.7 Å². The molecule has 2 rings (SSSR count). The van der Waals surface area contributed by atoms with E-state index < -0.39 is 0 Å². The first-order valence-corrected chi connectivity index (χ1v) is 7.24. The fourth-order valence-electron chi connectivity index (χ4n) is 2.09. The highest BCUT2D eigenvalue weighted by Gasteiger charge is 2.16. The van der Waals surface area contributed by atoms with Crippen molar-refractivity contribution in [2.24, 2.45) is 0 Å². The molecule has 0 aliphatic rings. The van der Waals surface area contributed by atoms with E-state index in [2.05, 4.69) is 10.3 Å². The zero-order valence-corrected chi connectivity index (χ0v) is 12.8. The van der Waals surface area contributed by atoms with Crippen LogP contribution in [0.4, 0.5) is 0 Å². The molecule has 106 valence electrons. The Morgan fingerprint density at radius 2 is 2.05 bits per heavy atom. The number of aryl methyl sites for hydroxylation is 3. The molecule has 20 heavy (non-hydrogen) atoms. The topological polar surface area (TPSA) is 62.2 Å². The van der Waals surface area contributed by atoms with Gasteiger partial charge >= 0.3 is 0 Å². The second-order valence-electron chi connectivity index (χ2n) is 4.88. The molecule has 2 aromatic rings. The van der Waals surface area contributed by atoms with Crippen LogP contribution in [0.25, 0.3) is 0 Å². The summed E-state index contributed by atoms with van der Waals surface area (Å²) >= 11 is 1.60. The summed E-state index contributed by atoms with van der Waals surface area (Å²) in [6.45, 7) is 7.63. The predicted octanol–water partition coefficient (Wildman–Crippen LogP) is 3.26.